The van der Waals surface area contributed by atoms with Gasteiger partial charge in [-0.3, -0.25) is 0 Å². The van der Waals surface area contributed by atoms with Gasteiger partial charge in [-0.05, 0) is 18.2 Å². The monoisotopic (exact) mass is 309 g/mol. The molecule has 0 radical (unpaired) electrons. The van der Waals surface area contributed by atoms with Gasteiger partial charge in [0.05, 0.1) is 23.3 Å². The van der Waals surface area contributed by atoms with E-state index in [9.17, 15) is 29.7 Å². The molecule has 2 heterocycles. The number of nitrogens with zero attached hydrogens (tertiary/aromatic N) is 1. The molecule has 0 saturated heterocycles. The van der Waals surface area contributed by atoms with Gasteiger partial charge in [0, 0.05) is 12.1 Å². The van der Waals surface area contributed by atoms with Gasteiger partial charge < -0.3 is 29.7 Å². The molecule has 24 heavy (non-hydrogen) atoms. The van der Waals surface area contributed by atoms with Gasteiger partial charge >= 0.3 is 56.6 Å². The molecule has 2 aromatic heterocycles. The first-order valence-electron chi connectivity index (χ1n) is 5.49. The summed E-state index contributed by atoms with van der Waals surface area (Å²) >= 11 is 0. The van der Waals surface area contributed by atoms with Crippen molar-refractivity contribution in [1.29, 1.82) is 0 Å². The quantitative estimate of drug-likeness (QED) is 0.511. The number of aromatic amines is 1. The summed E-state index contributed by atoms with van der Waals surface area (Å²) in [6.45, 7) is 0. The van der Waals surface area contributed by atoms with E-state index >= 15 is 0 Å². The number of pyridine rings is 2. The molecule has 108 valence electrons. The van der Waals surface area contributed by atoms with Gasteiger partial charge in [-0.1, -0.05) is 6.07 Å². The van der Waals surface area contributed by atoms with E-state index in [2.05, 4.69) is 9.97 Å². The standard InChI is InChI=1S/C7H5NO4.C6H5NO2.3Li/c9-6(10)4-2-1-3-5(8-4)7(11)12;8-6(9)5-3-1-2-4-7-5;;;/h1-3H,(H,9,10)(H,11,12);1-4H,(H,8,9);;;/q;;3*+1/p-2. The number of rotatable bonds is 3. The smallest absolute Gasteiger partial charge is 0.543 e. The van der Waals surface area contributed by atoms with Gasteiger partial charge in [0.1, 0.15) is 5.97 Å². The number of aromatic nitrogens is 2. The second-order valence-electron chi connectivity index (χ2n) is 3.55. The molecule has 2 aromatic rings. The van der Waals surface area contributed by atoms with E-state index < -0.39 is 29.3 Å². The fourth-order valence-electron chi connectivity index (χ4n) is 1.18. The SMILES string of the molecule is O=C([O-])c1cccc(C(=O)[O-])n1.O=C([O-])c1cccc[nH+]1.[Li+].[Li+].[Li+]. The number of hydrogen-bond acceptors (Lipinski definition) is 7. The van der Waals surface area contributed by atoms with Crippen LogP contribution < -0.4 is 76.9 Å². The maximum absolute atomic E-state index is 10.2. The molecule has 0 bridgehead atoms. The number of carboxylic acid groups (broad SMARTS) is 3. The van der Waals surface area contributed by atoms with E-state index in [1.54, 1.807) is 12.1 Å². The molecule has 2 rings (SSSR count). The second-order valence-corrected chi connectivity index (χ2v) is 3.55. The second kappa shape index (κ2) is 13.9. The van der Waals surface area contributed by atoms with Gasteiger partial charge in [0.25, 0.3) is 0 Å². The third kappa shape index (κ3) is 9.60. The molecule has 0 aliphatic heterocycles. The average molecular weight is 309 g/mol. The fourth-order valence-corrected chi connectivity index (χ4v) is 1.18. The van der Waals surface area contributed by atoms with Gasteiger partial charge in [-0.15, -0.1) is 0 Å². The zero-order valence-corrected chi connectivity index (χ0v) is 13.4. The first-order valence-corrected chi connectivity index (χ1v) is 5.49. The van der Waals surface area contributed by atoms with Crippen LogP contribution in [-0.2, 0) is 0 Å². The van der Waals surface area contributed by atoms with Crippen LogP contribution in [0.15, 0.2) is 42.6 Å². The predicted octanol–water partition coefficient (Wildman–Crippen LogP) is -12.3. The fraction of sp³-hybridized carbons (Fsp3) is 0. The van der Waals surface area contributed by atoms with Crippen LogP contribution in [0.5, 0.6) is 0 Å². The molecule has 8 nitrogen and oxygen atoms in total. The number of nitrogens with one attached hydrogen (secondary N) is 1. The van der Waals surface area contributed by atoms with Gasteiger partial charge in [-0.2, -0.15) is 0 Å². The Bertz CT molecular complexity index is 641. The third-order valence-electron chi connectivity index (χ3n) is 2.10. The molecule has 0 aliphatic carbocycles. The normalized spacial score (nSPS) is 8.00. The predicted molar refractivity (Wildman–Crippen MR) is 60.2 cm³/mol. The van der Waals surface area contributed by atoms with Crippen LogP contribution in [-0.4, -0.2) is 22.9 Å². The maximum atomic E-state index is 10.2. The Morgan fingerprint density at radius 1 is 0.750 bits per heavy atom. The van der Waals surface area contributed by atoms with Crippen molar-refractivity contribution in [1.82, 2.24) is 4.98 Å². The van der Waals surface area contributed by atoms with Gasteiger partial charge in [-0.25, -0.2) is 9.97 Å². The number of H-pyrrole nitrogens is 1. The summed E-state index contributed by atoms with van der Waals surface area (Å²) < 4.78 is 0. The summed E-state index contributed by atoms with van der Waals surface area (Å²) in [6.07, 6.45) is 1.53. The van der Waals surface area contributed by atoms with Crippen LogP contribution in [0.4, 0.5) is 0 Å². The molecule has 0 fully saturated rings. The molecule has 0 aromatic carbocycles. The Kier molecular flexibility index (Phi) is 15.8. The molecule has 0 saturated carbocycles. The maximum Gasteiger partial charge on any atom is 1.00 e. The Morgan fingerprint density at radius 3 is 1.54 bits per heavy atom. The van der Waals surface area contributed by atoms with E-state index in [0.717, 1.165) is 12.1 Å². The first kappa shape index (κ1) is 27.4. The van der Waals surface area contributed by atoms with Crippen molar-refractivity contribution in [3.63, 3.8) is 0 Å². The van der Waals surface area contributed by atoms with Crippen LogP contribution in [0.2, 0.25) is 0 Å². The van der Waals surface area contributed by atoms with E-state index in [0.29, 0.717) is 0 Å². The molecule has 1 N–H and O–H groups in total. The minimum absolute atomic E-state index is 0. The average Bonchev–Trinajstić information content (AvgIpc) is 2.49. The summed E-state index contributed by atoms with van der Waals surface area (Å²) in [7, 11) is 0. The summed E-state index contributed by atoms with van der Waals surface area (Å²) in [5.74, 6) is -4.22. The summed E-state index contributed by atoms with van der Waals surface area (Å²) in [5, 5.41) is 30.4. The van der Waals surface area contributed by atoms with Crippen molar-refractivity contribution in [2.24, 2.45) is 0 Å². The minimum atomic E-state index is -1.52. The zero-order chi connectivity index (χ0) is 15.8. The van der Waals surface area contributed by atoms with Crippen molar-refractivity contribution >= 4 is 17.9 Å². The van der Waals surface area contributed by atoms with E-state index in [4.69, 9.17) is 0 Å². The van der Waals surface area contributed by atoms with E-state index in [-0.39, 0.29) is 62.3 Å². The molecular formula is C13H8Li3N2O6+. The van der Waals surface area contributed by atoms with Crippen LogP contribution in [0.3, 0.4) is 0 Å². The van der Waals surface area contributed by atoms with E-state index in [1.165, 1.54) is 18.3 Å². The number of aromatic carboxylic acids is 3. The Hall–Kier alpha value is -1.50. The van der Waals surface area contributed by atoms with Crippen LogP contribution in [0, 0.1) is 0 Å². The number of carboxylic acids is 3. The first-order chi connectivity index (χ1) is 9.91. The number of hydrogen-bond donors (Lipinski definition) is 0. The molecule has 11 heteroatoms. The summed E-state index contributed by atoms with van der Waals surface area (Å²) in [4.78, 5) is 36.2. The molecule has 0 amide bonds. The van der Waals surface area contributed by atoms with Crippen LogP contribution >= 0.6 is 0 Å². The van der Waals surface area contributed by atoms with Crippen molar-refractivity contribution in [2.75, 3.05) is 0 Å². The minimum Gasteiger partial charge on any atom is -0.543 e. The van der Waals surface area contributed by atoms with Crippen molar-refractivity contribution < 1.29 is 91.3 Å². The van der Waals surface area contributed by atoms with Crippen molar-refractivity contribution in [2.45, 2.75) is 0 Å². The molecular weight excluding hydrogens is 301 g/mol. The Morgan fingerprint density at radius 2 is 1.25 bits per heavy atom. The third-order valence-corrected chi connectivity index (χ3v) is 2.10. The molecule has 0 atom stereocenters. The molecule has 0 unspecified atom stereocenters. The van der Waals surface area contributed by atoms with Crippen LogP contribution in [0.1, 0.15) is 31.5 Å². The molecule has 0 aliphatic rings. The number of carbonyl (C=O) groups excluding carboxylic acids is 3. The zero-order valence-electron chi connectivity index (χ0n) is 13.4. The number of carbonyl (C=O) groups is 3. The van der Waals surface area contributed by atoms with Gasteiger partial charge in [0.2, 0.25) is 5.69 Å². The summed E-state index contributed by atoms with van der Waals surface area (Å²) in [5.41, 5.74) is -0.745. The Balaban J connectivity index is -0.000000336. The Labute approximate surface area is 173 Å². The largest absolute Gasteiger partial charge is 1.00 e. The van der Waals surface area contributed by atoms with Crippen molar-refractivity contribution in [3.05, 3.63) is 59.7 Å². The van der Waals surface area contributed by atoms with Crippen molar-refractivity contribution in [3.8, 4) is 0 Å². The summed E-state index contributed by atoms with van der Waals surface area (Å²) in [6, 6.07) is 8.30. The van der Waals surface area contributed by atoms with Crippen LogP contribution in [0.25, 0.3) is 0 Å². The topological polar surface area (TPSA) is 147 Å². The molecule has 0 spiro atoms. The van der Waals surface area contributed by atoms with Gasteiger partial charge in [0.15, 0.2) is 6.20 Å². The van der Waals surface area contributed by atoms with E-state index in [1.807, 2.05) is 0 Å².